The Morgan fingerprint density at radius 3 is 2.43 bits per heavy atom. The Hall–Kier alpha value is -2.25. The SMILES string of the molecule is CC(C)N(C)S(=O)(=O)c1cccc(C(=O)N(Cc2ccccc2F)C2CC2)c1. The standard InChI is InChI=1S/C21H25FN2O3S/c1-15(2)23(3)28(26,27)19-9-6-8-16(13-19)21(25)24(18-11-12-18)14-17-7-4-5-10-20(17)22/h4-10,13,15,18H,11-12,14H2,1-3H3. The maximum atomic E-state index is 14.1. The number of carbonyl (C=O) groups is 1. The van der Waals surface area contributed by atoms with Crippen molar-refractivity contribution in [2.75, 3.05) is 7.05 Å². The van der Waals surface area contributed by atoms with Gasteiger partial charge in [-0.2, -0.15) is 4.31 Å². The second-order valence-electron chi connectivity index (χ2n) is 7.40. The van der Waals surface area contributed by atoms with Crippen LogP contribution in [0, 0.1) is 5.82 Å². The topological polar surface area (TPSA) is 57.7 Å². The van der Waals surface area contributed by atoms with Crippen molar-refractivity contribution in [1.82, 2.24) is 9.21 Å². The molecule has 0 aromatic heterocycles. The lowest BCUT2D eigenvalue weighted by Gasteiger charge is -2.24. The average molecular weight is 405 g/mol. The van der Waals surface area contributed by atoms with Gasteiger partial charge >= 0.3 is 0 Å². The molecule has 0 aliphatic heterocycles. The molecule has 0 unspecified atom stereocenters. The van der Waals surface area contributed by atoms with Crippen LogP contribution in [-0.2, 0) is 16.6 Å². The molecule has 2 aromatic carbocycles. The summed E-state index contributed by atoms with van der Waals surface area (Å²) in [7, 11) is -2.17. The summed E-state index contributed by atoms with van der Waals surface area (Å²) >= 11 is 0. The molecule has 3 rings (SSSR count). The molecule has 150 valence electrons. The van der Waals surface area contributed by atoms with Gasteiger partial charge < -0.3 is 4.90 Å². The van der Waals surface area contributed by atoms with Crippen LogP contribution in [-0.4, -0.2) is 42.7 Å². The lowest BCUT2D eigenvalue weighted by Crippen LogP contribution is -2.34. The van der Waals surface area contributed by atoms with Crippen molar-refractivity contribution in [3.63, 3.8) is 0 Å². The van der Waals surface area contributed by atoms with Crippen molar-refractivity contribution in [2.24, 2.45) is 0 Å². The minimum Gasteiger partial charge on any atom is -0.331 e. The zero-order chi connectivity index (χ0) is 20.5. The van der Waals surface area contributed by atoms with Crippen LogP contribution in [0.2, 0.25) is 0 Å². The van der Waals surface area contributed by atoms with Gasteiger partial charge in [-0.1, -0.05) is 24.3 Å². The van der Waals surface area contributed by atoms with Gasteiger partial charge in [-0.05, 0) is 51.0 Å². The number of amides is 1. The first kappa shape index (κ1) is 20.5. The molecule has 1 aliphatic carbocycles. The zero-order valence-corrected chi connectivity index (χ0v) is 17.1. The highest BCUT2D eigenvalue weighted by Crippen LogP contribution is 2.31. The highest BCUT2D eigenvalue weighted by atomic mass is 32.2. The Balaban J connectivity index is 1.90. The fraction of sp³-hybridized carbons (Fsp3) is 0.381. The van der Waals surface area contributed by atoms with Crippen molar-refractivity contribution in [3.8, 4) is 0 Å². The van der Waals surface area contributed by atoms with Crippen LogP contribution < -0.4 is 0 Å². The summed E-state index contributed by atoms with van der Waals surface area (Å²) in [5.74, 6) is -0.633. The molecular weight excluding hydrogens is 379 g/mol. The number of hydrogen-bond acceptors (Lipinski definition) is 3. The average Bonchev–Trinajstić information content (AvgIpc) is 3.51. The maximum Gasteiger partial charge on any atom is 0.254 e. The molecule has 0 saturated heterocycles. The van der Waals surface area contributed by atoms with Crippen LogP contribution in [0.15, 0.2) is 53.4 Å². The molecule has 0 heterocycles. The van der Waals surface area contributed by atoms with E-state index in [-0.39, 0.29) is 35.2 Å². The predicted molar refractivity (Wildman–Crippen MR) is 106 cm³/mol. The van der Waals surface area contributed by atoms with Crippen molar-refractivity contribution in [2.45, 2.75) is 50.2 Å². The van der Waals surface area contributed by atoms with Crippen LogP contribution >= 0.6 is 0 Å². The summed E-state index contributed by atoms with van der Waals surface area (Å²) < 4.78 is 40.8. The molecule has 0 spiro atoms. The first-order valence-electron chi connectivity index (χ1n) is 9.34. The van der Waals surface area contributed by atoms with E-state index in [1.54, 1.807) is 49.1 Å². The molecule has 0 N–H and O–H groups in total. The number of halogens is 1. The highest BCUT2D eigenvalue weighted by Gasteiger charge is 2.34. The Bertz CT molecular complexity index is 971. The number of sulfonamides is 1. The van der Waals surface area contributed by atoms with Gasteiger partial charge in [0, 0.05) is 36.8 Å². The summed E-state index contributed by atoms with van der Waals surface area (Å²) in [5, 5.41) is 0. The van der Waals surface area contributed by atoms with Crippen LogP contribution in [0.25, 0.3) is 0 Å². The third-order valence-corrected chi connectivity index (χ3v) is 7.06. The van der Waals surface area contributed by atoms with E-state index < -0.39 is 10.0 Å². The van der Waals surface area contributed by atoms with Crippen LogP contribution in [0.4, 0.5) is 4.39 Å². The minimum absolute atomic E-state index is 0.0608. The monoisotopic (exact) mass is 404 g/mol. The van der Waals surface area contributed by atoms with E-state index >= 15 is 0 Å². The van der Waals surface area contributed by atoms with Crippen LogP contribution in [0.3, 0.4) is 0 Å². The van der Waals surface area contributed by atoms with Crippen molar-refractivity contribution in [3.05, 3.63) is 65.5 Å². The molecule has 1 fully saturated rings. The third kappa shape index (κ3) is 4.25. The fourth-order valence-electron chi connectivity index (χ4n) is 2.96. The predicted octanol–water partition coefficient (Wildman–Crippen LogP) is 3.66. The molecule has 1 amide bonds. The number of benzene rings is 2. The lowest BCUT2D eigenvalue weighted by atomic mass is 10.1. The first-order chi connectivity index (χ1) is 13.2. The summed E-state index contributed by atoms with van der Waals surface area (Å²) in [6.45, 7) is 3.74. The second-order valence-corrected chi connectivity index (χ2v) is 9.40. The first-order valence-corrected chi connectivity index (χ1v) is 10.8. The third-order valence-electron chi connectivity index (χ3n) is 5.03. The Labute approximate surface area is 165 Å². The summed E-state index contributed by atoms with van der Waals surface area (Å²) in [6.07, 6.45) is 1.74. The van der Waals surface area contributed by atoms with Crippen LogP contribution in [0.1, 0.15) is 42.6 Å². The van der Waals surface area contributed by atoms with Gasteiger partial charge in [0.2, 0.25) is 10.0 Å². The quantitative estimate of drug-likeness (QED) is 0.708. The number of nitrogens with zero attached hydrogens (tertiary/aromatic N) is 2. The van der Waals surface area contributed by atoms with E-state index in [1.807, 2.05) is 0 Å². The smallest absolute Gasteiger partial charge is 0.254 e. The molecule has 7 heteroatoms. The highest BCUT2D eigenvalue weighted by molar-refractivity contribution is 7.89. The van der Waals surface area contributed by atoms with E-state index in [0.29, 0.717) is 11.1 Å². The van der Waals surface area contributed by atoms with Gasteiger partial charge in [-0.3, -0.25) is 4.79 Å². The van der Waals surface area contributed by atoms with Gasteiger partial charge in [0.15, 0.2) is 0 Å². The largest absolute Gasteiger partial charge is 0.331 e. The fourth-order valence-corrected chi connectivity index (χ4v) is 4.38. The van der Waals surface area contributed by atoms with Crippen molar-refractivity contribution >= 4 is 15.9 Å². The Morgan fingerprint density at radius 1 is 1.14 bits per heavy atom. The van der Waals surface area contributed by atoms with Gasteiger partial charge in [0.25, 0.3) is 5.91 Å². The summed E-state index contributed by atoms with van der Waals surface area (Å²) in [4.78, 5) is 14.8. The maximum absolute atomic E-state index is 14.1. The molecular formula is C21H25FN2O3S. The van der Waals surface area contributed by atoms with E-state index in [0.717, 1.165) is 12.8 Å². The zero-order valence-electron chi connectivity index (χ0n) is 16.3. The Kier molecular flexibility index (Phi) is 5.86. The molecule has 28 heavy (non-hydrogen) atoms. The van der Waals surface area contributed by atoms with E-state index in [4.69, 9.17) is 0 Å². The van der Waals surface area contributed by atoms with E-state index in [9.17, 15) is 17.6 Å². The Morgan fingerprint density at radius 2 is 1.82 bits per heavy atom. The van der Waals surface area contributed by atoms with Gasteiger partial charge in [-0.15, -0.1) is 0 Å². The molecule has 2 aromatic rings. The van der Waals surface area contributed by atoms with Crippen LogP contribution in [0.5, 0.6) is 0 Å². The number of carbonyl (C=O) groups excluding carboxylic acids is 1. The van der Waals surface area contributed by atoms with E-state index in [1.165, 1.54) is 29.6 Å². The van der Waals surface area contributed by atoms with Gasteiger partial charge in [0.05, 0.1) is 4.90 Å². The minimum atomic E-state index is -3.69. The molecule has 1 saturated carbocycles. The van der Waals surface area contributed by atoms with Gasteiger partial charge in [-0.25, -0.2) is 12.8 Å². The van der Waals surface area contributed by atoms with E-state index in [2.05, 4.69) is 0 Å². The summed E-state index contributed by atoms with van der Waals surface area (Å²) in [5.41, 5.74) is 0.743. The molecule has 1 aliphatic rings. The number of hydrogen-bond donors (Lipinski definition) is 0. The van der Waals surface area contributed by atoms with Crippen molar-refractivity contribution < 1.29 is 17.6 Å². The molecule has 0 bridgehead atoms. The summed E-state index contributed by atoms with van der Waals surface area (Å²) in [6, 6.07) is 12.3. The molecule has 5 nitrogen and oxygen atoms in total. The normalized spacial score (nSPS) is 14.5. The van der Waals surface area contributed by atoms with Crippen molar-refractivity contribution in [1.29, 1.82) is 0 Å². The van der Waals surface area contributed by atoms with Gasteiger partial charge in [0.1, 0.15) is 5.82 Å². The number of rotatable bonds is 7. The second kappa shape index (κ2) is 8.01. The molecule has 0 atom stereocenters. The lowest BCUT2D eigenvalue weighted by molar-refractivity contribution is 0.0728. The molecule has 0 radical (unpaired) electrons.